The first-order valence-corrected chi connectivity index (χ1v) is 12.3. The Bertz CT molecular complexity index is 1210. The van der Waals surface area contributed by atoms with E-state index < -0.39 is 22.2 Å². The number of benzene rings is 3. The number of para-hydroxylation sites is 2. The molecule has 184 valence electrons. The molecule has 0 atom stereocenters. The quantitative estimate of drug-likeness (QED) is 0.434. The first-order valence-electron chi connectivity index (χ1n) is 10.8. The van der Waals surface area contributed by atoms with Crippen LogP contribution in [0.25, 0.3) is 0 Å². The van der Waals surface area contributed by atoms with E-state index in [1.165, 1.54) is 53.9 Å². The van der Waals surface area contributed by atoms with Crippen LogP contribution >= 0.6 is 0 Å². The number of anilines is 1. The van der Waals surface area contributed by atoms with Crippen molar-refractivity contribution in [3.05, 3.63) is 78.9 Å². The van der Waals surface area contributed by atoms with Crippen LogP contribution in [0.3, 0.4) is 0 Å². The number of sulfonamides is 1. The lowest BCUT2D eigenvalue weighted by Gasteiger charge is -2.23. The Kier molecular flexibility index (Phi) is 8.45. The molecule has 0 saturated heterocycles. The Morgan fingerprint density at radius 1 is 0.771 bits per heavy atom. The number of hydrogen-bond acceptors (Lipinski definition) is 7. The largest absolute Gasteiger partial charge is 0.495 e. The van der Waals surface area contributed by atoms with Gasteiger partial charge in [-0.2, -0.15) is 9.21 Å². The number of imide groups is 1. The van der Waals surface area contributed by atoms with Crippen molar-refractivity contribution < 1.29 is 32.2 Å². The minimum Gasteiger partial charge on any atom is -0.495 e. The monoisotopic (exact) mass is 498 g/mol. The molecule has 0 saturated carbocycles. The summed E-state index contributed by atoms with van der Waals surface area (Å²) >= 11 is 0. The molecule has 3 aromatic rings. The molecule has 9 nitrogen and oxygen atoms in total. The van der Waals surface area contributed by atoms with Crippen molar-refractivity contribution in [2.45, 2.75) is 18.7 Å². The molecule has 0 N–H and O–H groups in total. The summed E-state index contributed by atoms with van der Waals surface area (Å²) < 4.78 is 43.6. The van der Waals surface area contributed by atoms with Crippen molar-refractivity contribution in [3.8, 4) is 17.2 Å². The number of nitrogens with zero attached hydrogens (tertiary/aromatic N) is 2. The Hall–Kier alpha value is -3.89. The lowest BCUT2D eigenvalue weighted by atomic mass is 10.2. The maximum Gasteiger partial charge on any atom is 0.429 e. The lowest BCUT2D eigenvalue weighted by Crippen LogP contribution is -2.41. The fraction of sp³-hybridized carbons (Fsp3) is 0.200. The molecule has 0 aromatic heterocycles. The Balaban J connectivity index is 2.10. The summed E-state index contributed by atoms with van der Waals surface area (Å²) in [6.07, 6.45) is -2.21. The summed E-state index contributed by atoms with van der Waals surface area (Å²) in [7, 11) is -2.57. The average Bonchev–Trinajstić information content (AvgIpc) is 2.86. The average molecular weight is 499 g/mol. The number of rotatable bonds is 8. The predicted octanol–water partition coefficient (Wildman–Crippen LogP) is 4.93. The molecular formula is C25H26N2O7S. The fourth-order valence-corrected chi connectivity index (χ4v) is 4.74. The van der Waals surface area contributed by atoms with E-state index >= 15 is 0 Å². The van der Waals surface area contributed by atoms with Crippen molar-refractivity contribution in [2.75, 3.05) is 25.1 Å². The summed E-state index contributed by atoms with van der Waals surface area (Å²) in [6, 6.07) is 20.2. The smallest absolute Gasteiger partial charge is 0.429 e. The number of methoxy groups -OCH3 is 1. The van der Waals surface area contributed by atoms with E-state index in [-0.39, 0.29) is 40.9 Å². The number of carbonyl (C=O) groups excluding carboxylic acids is 2. The van der Waals surface area contributed by atoms with Gasteiger partial charge in [0.25, 0.3) is 0 Å². The summed E-state index contributed by atoms with van der Waals surface area (Å²) in [4.78, 5) is 26.9. The molecule has 0 fully saturated rings. The van der Waals surface area contributed by atoms with Gasteiger partial charge in [0.1, 0.15) is 22.9 Å². The van der Waals surface area contributed by atoms with E-state index in [1.54, 1.807) is 50.2 Å². The molecule has 0 radical (unpaired) electrons. The Labute approximate surface area is 204 Å². The SMILES string of the molecule is CCN(CC)S(=O)(=O)c1ccc(OC)c(N(C(=O)Oc2ccccc2)C(=O)Oc2ccccc2)c1. The fourth-order valence-electron chi connectivity index (χ4n) is 3.26. The normalized spacial score (nSPS) is 11.1. The number of amides is 2. The Morgan fingerprint density at radius 2 is 1.26 bits per heavy atom. The molecular weight excluding hydrogens is 472 g/mol. The zero-order chi connectivity index (χ0) is 25.4. The van der Waals surface area contributed by atoms with Crippen molar-refractivity contribution in [1.29, 1.82) is 0 Å². The van der Waals surface area contributed by atoms with Gasteiger partial charge in [0.05, 0.1) is 12.0 Å². The van der Waals surface area contributed by atoms with Crippen LogP contribution in [0.5, 0.6) is 17.2 Å². The molecule has 0 aliphatic carbocycles. The summed E-state index contributed by atoms with van der Waals surface area (Å²) in [6.45, 7) is 3.92. The van der Waals surface area contributed by atoms with E-state index in [4.69, 9.17) is 14.2 Å². The number of carbonyl (C=O) groups is 2. The van der Waals surface area contributed by atoms with Crippen LogP contribution in [0, 0.1) is 0 Å². The highest BCUT2D eigenvalue weighted by Crippen LogP contribution is 2.33. The first kappa shape index (κ1) is 25.7. The number of ether oxygens (including phenoxy) is 3. The highest BCUT2D eigenvalue weighted by molar-refractivity contribution is 7.89. The standard InChI is InChI=1S/C25H26N2O7S/c1-4-26(5-2)35(30,31)21-16-17-23(32-3)22(18-21)27(24(28)33-19-12-8-6-9-13-19)25(29)34-20-14-10-7-11-15-20/h6-18H,4-5H2,1-3H3. The van der Waals surface area contributed by atoms with Crippen LogP contribution in [0.4, 0.5) is 15.3 Å². The molecule has 0 aliphatic rings. The van der Waals surface area contributed by atoms with Crippen molar-refractivity contribution in [2.24, 2.45) is 0 Å². The second-order valence-corrected chi connectivity index (χ2v) is 9.06. The minimum atomic E-state index is -3.90. The van der Waals surface area contributed by atoms with Crippen molar-refractivity contribution >= 4 is 27.9 Å². The second-order valence-electron chi connectivity index (χ2n) is 7.12. The molecule has 0 spiro atoms. The van der Waals surface area contributed by atoms with Crippen LogP contribution in [0.1, 0.15) is 13.8 Å². The molecule has 3 aromatic carbocycles. The first-order chi connectivity index (χ1) is 16.8. The van der Waals surface area contributed by atoms with Crippen LogP contribution in [-0.4, -0.2) is 45.1 Å². The molecule has 35 heavy (non-hydrogen) atoms. The van der Waals surface area contributed by atoms with Crippen LogP contribution < -0.4 is 19.1 Å². The summed E-state index contributed by atoms with van der Waals surface area (Å²) in [5.41, 5.74) is -0.150. The maximum absolute atomic E-state index is 13.2. The van der Waals surface area contributed by atoms with Gasteiger partial charge >= 0.3 is 12.2 Å². The third-order valence-electron chi connectivity index (χ3n) is 5.00. The van der Waals surface area contributed by atoms with E-state index in [0.717, 1.165) is 0 Å². The molecule has 0 unspecified atom stereocenters. The van der Waals surface area contributed by atoms with Crippen LogP contribution in [-0.2, 0) is 10.0 Å². The van der Waals surface area contributed by atoms with Gasteiger partial charge in [-0.1, -0.05) is 50.2 Å². The number of hydrogen-bond donors (Lipinski definition) is 0. The maximum atomic E-state index is 13.2. The van der Waals surface area contributed by atoms with Crippen LogP contribution in [0.15, 0.2) is 83.8 Å². The molecule has 10 heteroatoms. The van der Waals surface area contributed by atoms with Gasteiger partial charge in [-0.05, 0) is 42.5 Å². The lowest BCUT2D eigenvalue weighted by molar-refractivity contribution is 0.190. The van der Waals surface area contributed by atoms with Crippen molar-refractivity contribution in [3.63, 3.8) is 0 Å². The molecule has 2 amide bonds. The topological polar surface area (TPSA) is 102 Å². The summed E-state index contributed by atoms with van der Waals surface area (Å²) in [5, 5.41) is 0. The second kappa shape index (κ2) is 11.5. The minimum absolute atomic E-state index is 0.0681. The molecule has 0 bridgehead atoms. The van der Waals surface area contributed by atoms with Gasteiger partial charge in [-0.15, -0.1) is 0 Å². The van der Waals surface area contributed by atoms with Gasteiger partial charge in [0, 0.05) is 13.1 Å². The van der Waals surface area contributed by atoms with Crippen molar-refractivity contribution in [1.82, 2.24) is 4.31 Å². The van der Waals surface area contributed by atoms with E-state index in [9.17, 15) is 18.0 Å². The third kappa shape index (κ3) is 5.97. The molecule has 0 heterocycles. The third-order valence-corrected chi connectivity index (χ3v) is 7.04. The van der Waals surface area contributed by atoms with Gasteiger partial charge in [0.2, 0.25) is 10.0 Å². The van der Waals surface area contributed by atoms with Gasteiger partial charge in [-0.3, -0.25) is 0 Å². The zero-order valence-electron chi connectivity index (χ0n) is 19.6. The van der Waals surface area contributed by atoms with E-state index in [2.05, 4.69) is 0 Å². The van der Waals surface area contributed by atoms with E-state index in [1.807, 2.05) is 0 Å². The zero-order valence-corrected chi connectivity index (χ0v) is 20.4. The Morgan fingerprint density at radius 3 is 1.69 bits per heavy atom. The highest BCUT2D eigenvalue weighted by Gasteiger charge is 2.33. The van der Waals surface area contributed by atoms with Gasteiger partial charge < -0.3 is 14.2 Å². The predicted molar refractivity (Wildman–Crippen MR) is 131 cm³/mol. The van der Waals surface area contributed by atoms with Crippen LogP contribution in [0.2, 0.25) is 0 Å². The summed E-state index contributed by atoms with van der Waals surface area (Å²) in [5.74, 6) is 0.431. The molecule has 3 rings (SSSR count). The van der Waals surface area contributed by atoms with E-state index in [0.29, 0.717) is 4.90 Å². The van der Waals surface area contributed by atoms with Gasteiger partial charge in [0.15, 0.2) is 0 Å². The highest BCUT2D eigenvalue weighted by atomic mass is 32.2. The molecule has 0 aliphatic heterocycles. The van der Waals surface area contributed by atoms with Gasteiger partial charge in [-0.25, -0.2) is 18.0 Å².